The number of thiocarbonyl (C=S) groups is 1. The van der Waals surface area contributed by atoms with Crippen LogP contribution in [-0.4, -0.2) is 34.4 Å². The predicted molar refractivity (Wildman–Crippen MR) is 108 cm³/mol. The largest absolute Gasteiger partial charge is 0.489 e. The minimum Gasteiger partial charge on any atom is -0.489 e. The lowest BCUT2D eigenvalue weighted by Gasteiger charge is -2.13. The van der Waals surface area contributed by atoms with Crippen molar-refractivity contribution in [3.63, 3.8) is 0 Å². The van der Waals surface area contributed by atoms with Crippen LogP contribution in [0.15, 0.2) is 54.2 Å². The molecule has 1 aliphatic rings. The number of nitrogens with zero attached hydrogens (tertiary/aromatic N) is 2. The van der Waals surface area contributed by atoms with E-state index in [2.05, 4.69) is 0 Å². The van der Waals surface area contributed by atoms with Gasteiger partial charge in [0, 0.05) is 24.2 Å². The molecule has 0 N–H and O–H groups in total. The van der Waals surface area contributed by atoms with Crippen molar-refractivity contribution in [3.05, 3.63) is 70.4 Å². The second-order valence-corrected chi connectivity index (χ2v) is 6.64. The summed E-state index contributed by atoms with van der Waals surface area (Å²) in [5, 5.41) is 1.22. The first-order chi connectivity index (χ1) is 12.5. The van der Waals surface area contributed by atoms with E-state index in [9.17, 15) is 4.79 Å². The number of ether oxygens (including phenoxy) is 1. The number of amides is 1. The third-order valence-electron chi connectivity index (χ3n) is 4.20. The van der Waals surface area contributed by atoms with Gasteiger partial charge in [0.1, 0.15) is 18.1 Å². The van der Waals surface area contributed by atoms with Crippen molar-refractivity contribution in [2.45, 2.75) is 13.5 Å². The number of benzene rings is 2. The molecule has 1 amide bonds. The van der Waals surface area contributed by atoms with E-state index >= 15 is 0 Å². The van der Waals surface area contributed by atoms with Gasteiger partial charge in [-0.05, 0) is 49.0 Å². The molecule has 0 spiro atoms. The fraction of sp³-hybridized carbons (Fsp3) is 0.200. The van der Waals surface area contributed by atoms with Gasteiger partial charge >= 0.3 is 0 Å². The van der Waals surface area contributed by atoms with Crippen LogP contribution in [0.3, 0.4) is 0 Å². The molecule has 2 aromatic rings. The summed E-state index contributed by atoms with van der Waals surface area (Å²) in [6.07, 6.45) is 1.84. The molecule has 3 rings (SSSR count). The lowest BCUT2D eigenvalue weighted by Crippen LogP contribution is -2.30. The molecule has 0 radical (unpaired) electrons. The molecule has 1 aliphatic heterocycles. The SMILES string of the molecule is CCN1C(=O)C(=Cc2ccc(OCc3ccccc3Cl)cc2)N(C)C1=S. The van der Waals surface area contributed by atoms with E-state index in [1.807, 2.05) is 68.6 Å². The Kier molecular flexibility index (Phi) is 5.59. The zero-order valence-electron chi connectivity index (χ0n) is 14.6. The summed E-state index contributed by atoms with van der Waals surface area (Å²) >= 11 is 11.4. The van der Waals surface area contributed by atoms with E-state index in [4.69, 9.17) is 28.6 Å². The van der Waals surface area contributed by atoms with Gasteiger partial charge in [0.25, 0.3) is 5.91 Å². The molecule has 6 heteroatoms. The molecule has 134 valence electrons. The third kappa shape index (κ3) is 3.74. The zero-order chi connectivity index (χ0) is 18.7. The Hall–Kier alpha value is -2.37. The lowest BCUT2D eigenvalue weighted by atomic mass is 10.1. The minimum absolute atomic E-state index is 0.0703. The second kappa shape index (κ2) is 7.89. The topological polar surface area (TPSA) is 32.8 Å². The summed E-state index contributed by atoms with van der Waals surface area (Å²) in [5.74, 6) is 0.669. The number of carbonyl (C=O) groups excluding carboxylic acids is 1. The van der Waals surface area contributed by atoms with Gasteiger partial charge in [0.05, 0.1) is 0 Å². The fourth-order valence-electron chi connectivity index (χ4n) is 2.68. The Balaban J connectivity index is 1.71. The second-order valence-electron chi connectivity index (χ2n) is 5.87. The quantitative estimate of drug-likeness (QED) is 0.565. The van der Waals surface area contributed by atoms with Gasteiger partial charge in [-0.3, -0.25) is 9.69 Å². The van der Waals surface area contributed by atoms with Gasteiger partial charge in [-0.25, -0.2) is 0 Å². The normalized spacial score (nSPS) is 15.9. The third-order valence-corrected chi connectivity index (χ3v) is 5.06. The standard InChI is InChI=1S/C20H19ClN2O2S/c1-3-23-19(24)18(22(2)20(23)26)12-14-8-10-16(11-9-14)25-13-15-6-4-5-7-17(15)21/h4-12H,3,13H2,1-2H3. The van der Waals surface area contributed by atoms with Gasteiger partial charge in [0.2, 0.25) is 0 Å². The molecular formula is C20H19ClN2O2S. The van der Waals surface area contributed by atoms with Crippen molar-refractivity contribution in [2.75, 3.05) is 13.6 Å². The molecular weight excluding hydrogens is 368 g/mol. The van der Waals surface area contributed by atoms with Crippen LogP contribution in [-0.2, 0) is 11.4 Å². The highest BCUT2D eigenvalue weighted by Gasteiger charge is 2.34. The Bertz CT molecular complexity index is 864. The van der Waals surface area contributed by atoms with Gasteiger partial charge in [-0.1, -0.05) is 41.9 Å². The molecule has 1 heterocycles. The molecule has 0 bridgehead atoms. The Labute approximate surface area is 163 Å². The first kappa shape index (κ1) is 18.4. The van der Waals surface area contributed by atoms with Crippen LogP contribution in [0.4, 0.5) is 0 Å². The smallest absolute Gasteiger partial charge is 0.276 e. The number of halogens is 1. The van der Waals surface area contributed by atoms with E-state index < -0.39 is 0 Å². The maximum Gasteiger partial charge on any atom is 0.276 e. The van der Waals surface area contributed by atoms with E-state index in [-0.39, 0.29) is 5.91 Å². The summed E-state index contributed by atoms with van der Waals surface area (Å²) in [6, 6.07) is 15.2. The maximum atomic E-state index is 12.4. The molecule has 2 aromatic carbocycles. The van der Waals surface area contributed by atoms with Crippen LogP contribution in [0.2, 0.25) is 5.02 Å². The van der Waals surface area contributed by atoms with E-state index in [0.717, 1.165) is 16.9 Å². The van der Waals surface area contributed by atoms with Crippen LogP contribution in [0.1, 0.15) is 18.1 Å². The molecule has 1 fully saturated rings. The van der Waals surface area contributed by atoms with Crippen molar-refractivity contribution in [2.24, 2.45) is 0 Å². The molecule has 0 saturated carbocycles. The highest BCUT2D eigenvalue weighted by molar-refractivity contribution is 7.80. The van der Waals surface area contributed by atoms with Gasteiger partial charge in [-0.15, -0.1) is 0 Å². The van der Waals surface area contributed by atoms with Gasteiger partial charge < -0.3 is 9.64 Å². The number of rotatable bonds is 5. The van der Waals surface area contributed by atoms with Crippen molar-refractivity contribution >= 4 is 40.9 Å². The van der Waals surface area contributed by atoms with Crippen LogP contribution in [0, 0.1) is 0 Å². The Morgan fingerprint density at radius 3 is 2.46 bits per heavy atom. The minimum atomic E-state index is -0.0703. The van der Waals surface area contributed by atoms with Crippen LogP contribution in [0.5, 0.6) is 5.75 Å². The number of likely N-dealkylation sites (N-methyl/N-ethyl adjacent to an activating group) is 2. The highest BCUT2D eigenvalue weighted by atomic mass is 35.5. The molecule has 0 atom stereocenters. The van der Waals surface area contributed by atoms with E-state index in [0.29, 0.717) is 29.0 Å². The summed E-state index contributed by atoms with van der Waals surface area (Å²) in [7, 11) is 1.81. The summed E-state index contributed by atoms with van der Waals surface area (Å²) in [6.45, 7) is 2.88. The molecule has 0 unspecified atom stereocenters. The molecule has 1 saturated heterocycles. The lowest BCUT2D eigenvalue weighted by molar-refractivity contribution is -0.122. The first-order valence-electron chi connectivity index (χ1n) is 8.28. The molecule has 26 heavy (non-hydrogen) atoms. The summed E-state index contributed by atoms with van der Waals surface area (Å²) in [5.41, 5.74) is 2.42. The number of carbonyl (C=O) groups is 1. The summed E-state index contributed by atoms with van der Waals surface area (Å²) < 4.78 is 5.78. The van der Waals surface area contributed by atoms with Crippen molar-refractivity contribution in [1.29, 1.82) is 0 Å². The van der Waals surface area contributed by atoms with Crippen LogP contribution in [0.25, 0.3) is 6.08 Å². The number of hydrogen-bond donors (Lipinski definition) is 0. The fourth-order valence-corrected chi connectivity index (χ4v) is 3.19. The van der Waals surface area contributed by atoms with Crippen molar-refractivity contribution < 1.29 is 9.53 Å². The average molecular weight is 387 g/mol. The number of hydrogen-bond acceptors (Lipinski definition) is 3. The monoisotopic (exact) mass is 386 g/mol. The maximum absolute atomic E-state index is 12.4. The van der Waals surface area contributed by atoms with E-state index in [1.165, 1.54) is 0 Å². The summed E-state index contributed by atoms with van der Waals surface area (Å²) in [4.78, 5) is 15.7. The zero-order valence-corrected chi connectivity index (χ0v) is 16.2. The van der Waals surface area contributed by atoms with Crippen molar-refractivity contribution in [3.8, 4) is 5.75 Å². The predicted octanol–water partition coefficient (Wildman–Crippen LogP) is 4.34. The van der Waals surface area contributed by atoms with Gasteiger partial charge in [-0.2, -0.15) is 0 Å². The van der Waals surface area contributed by atoms with E-state index in [1.54, 1.807) is 9.80 Å². The van der Waals surface area contributed by atoms with Gasteiger partial charge in [0.15, 0.2) is 5.11 Å². The Morgan fingerprint density at radius 1 is 1.15 bits per heavy atom. The van der Waals surface area contributed by atoms with Crippen LogP contribution < -0.4 is 4.74 Å². The molecule has 0 aliphatic carbocycles. The highest BCUT2D eigenvalue weighted by Crippen LogP contribution is 2.23. The Morgan fingerprint density at radius 2 is 1.85 bits per heavy atom. The molecule has 4 nitrogen and oxygen atoms in total. The van der Waals surface area contributed by atoms with Crippen LogP contribution >= 0.6 is 23.8 Å². The average Bonchev–Trinajstić information content (AvgIpc) is 2.85. The van der Waals surface area contributed by atoms with Crippen molar-refractivity contribution in [1.82, 2.24) is 9.80 Å². The first-order valence-corrected chi connectivity index (χ1v) is 9.07. The molecule has 0 aromatic heterocycles.